The van der Waals surface area contributed by atoms with Crippen LogP contribution >= 0.6 is 34.7 Å². The Labute approximate surface area is 217 Å². The molecule has 1 aromatic carbocycles. The number of benzene rings is 1. The lowest BCUT2D eigenvalue weighted by Crippen LogP contribution is -2.17. The number of thiophene rings is 1. The molecule has 1 aliphatic carbocycles. The number of rotatable bonds is 10. The molecule has 3 aromatic rings. The second-order valence-corrected chi connectivity index (χ2v) is 10.6. The minimum absolute atomic E-state index is 0.140. The van der Waals surface area contributed by atoms with Crippen LogP contribution in [0.2, 0.25) is 5.02 Å². The highest BCUT2D eigenvalue weighted by Crippen LogP contribution is 2.38. The van der Waals surface area contributed by atoms with Gasteiger partial charge in [-0.3, -0.25) is 4.79 Å². The molecule has 7 nitrogen and oxygen atoms in total. The maximum Gasteiger partial charge on any atom is 0.341 e. The van der Waals surface area contributed by atoms with E-state index in [0.29, 0.717) is 40.3 Å². The predicted octanol–water partition coefficient (Wildman–Crippen LogP) is 5.56. The smallest absolute Gasteiger partial charge is 0.341 e. The molecular weight excluding hydrogens is 504 g/mol. The first-order valence-electron chi connectivity index (χ1n) is 11.5. The molecule has 0 spiro atoms. The largest absolute Gasteiger partial charge is 0.462 e. The normalized spacial score (nSPS) is 12.7. The average Bonchev–Trinajstić information content (AvgIpc) is 3.40. The molecule has 0 saturated heterocycles. The Morgan fingerprint density at radius 3 is 2.77 bits per heavy atom. The van der Waals surface area contributed by atoms with Crippen LogP contribution in [0.15, 0.2) is 42.1 Å². The number of hydrogen-bond donors (Lipinski definition) is 1. The van der Waals surface area contributed by atoms with Crippen molar-refractivity contribution in [2.24, 2.45) is 0 Å². The number of fused-ring (bicyclic) bond motifs is 1. The van der Waals surface area contributed by atoms with E-state index in [-0.39, 0.29) is 17.6 Å². The van der Waals surface area contributed by atoms with Gasteiger partial charge in [-0.2, -0.15) is 0 Å². The Bertz CT molecular complexity index is 1220. The van der Waals surface area contributed by atoms with E-state index in [1.807, 2.05) is 28.8 Å². The summed E-state index contributed by atoms with van der Waals surface area (Å²) < 4.78 is 7.23. The van der Waals surface area contributed by atoms with Crippen molar-refractivity contribution in [3.05, 3.63) is 69.3 Å². The summed E-state index contributed by atoms with van der Waals surface area (Å²) in [5.74, 6) is 0.353. The van der Waals surface area contributed by atoms with E-state index in [9.17, 15) is 9.59 Å². The number of carbonyl (C=O) groups excluding carboxylic acids is 2. The quantitative estimate of drug-likeness (QED) is 0.210. The Morgan fingerprint density at radius 1 is 1.26 bits per heavy atom. The van der Waals surface area contributed by atoms with Crippen LogP contribution in [0.4, 0.5) is 5.00 Å². The fraction of sp³-hybridized carbons (Fsp3) is 0.360. The number of allylic oxidation sites excluding steroid dienone is 1. The van der Waals surface area contributed by atoms with Crippen LogP contribution in [0.5, 0.6) is 0 Å². The molecule has 0 saturated carbocycles. The molecule has 2 aromatic heterocycles. The van der Waals surface area contributed by atoms with Gasteiger partial charge in [0.15, 0.2) is 5.16 Å². The van der Waals surface area contributed by atoms with Crippen LogP contribution < -0.4 is 5.32 Å². The molecular formula is C25H27ClN4O3S2. The van der Waals surface area contributed by atoms with E-state index in [1.165, 1.54) is 28.0 Å². The molecule has 10 heteroatoms. The maximum atomic E-state index is 12.9. The summed E-state index contributed by atoms with van der Waals surface area (Å²) in [6, 6.07) is 7.60. The van der Waals surface area contributed by atoms with Crippen LogP contribution in [0.25, 0.3) is 0 Å². The summed E-state index contributed by atoms with van der Waals surface area (Å²) in [6.07, 6.45) is 6.27. The third kappa shape index (κ3) is 6.15. The molecule has 0 atom stereocenters. The number of aryl methyl sites for hydroxylation is 1. The third-order valence-electron chi connectivity index (χ3n) is 5.62. The number of ether oxygens (including phenoxy) is 1. The lowest BCUT2D eigenvalue weighted by atomic mass is 9.95. The van der Waals surface area contributed by atoms with E-state index < -0.39 is 0 Å². The maximum absolute atomic E-state index is 12.9. The number of nitrogens with zero attached hydrogens (tertiary/aromatic N) is 3. The van der Waals surface area contributed by atoms with Gasteiger partial charge in [-0.15, -0.1) is 28.1 Å². The predicted molar refractivity (Wildman–Crippen MR) is 141 cm³/mol. The Kier molecular flexibility index (Phi) is 8.64. The van der Waals surface area contributed by atoms with Gasteiger partial charge in [-0.25, -0.2) is 4.79 Å². The highest BCUT2D eigenvalue weighted by molar-refractivity contribution is 7.99. The molecule has 1 aliphatic rings. The number of nitrogens with one attached hydrogen (secondary N) is 1. The van der Waals surface area contributed by atoms with Gasteiger partial charge in [0, 0.05) is 22.9 Å². The van der Waals surface area contributed by atoms with Gasteiger partial charge in [-0.1, -0.05) is 41.6 Å². The number of hydrogen-bond acceptors (Lipinski definition) is 7. The number of thioether (sulfide) groups is 1. The summed E-state index contributed by atoms with van der Waals surface area (Å²) >= 11 is 8.78. The van der Waals surface area contributed by atoms with E-state index in [0.717, 1.165) is 42.6 Å². The molecule has 0 unspecified atom stereocenters. The van der Waals surface area contributed by atoms with Gasteiger partial charge in [0.1, 0.15) is 10.8 Å². The zero-order chi connectivity index (χ0) is 24.8. The molecule has 0 bridgehead atoms. The number of halogens is 1. The fourth-order valence-corrected chi connectivity index (χ4v) is 6.21. The third-order valence-corrected chi connectivity index (χ3v) is 8.04. The van der Waals surface area contributed by atoms with Gasteiger partial charge in [-0.05, 0) is 55.9 Å². The van der Waals surface area contributed by atoms with E-state index in [1.54, 1.807) is 13.0 Å². The summed E-state index contributed by atoms with van der Waals surface area (Å²) in [5.41, 5.74) is 2.61. The minimum atomic E-state index is -0.368. The van der Waals surface area contributed by atoms with Crippen molar-refractivity contribution in [3.8, 4) is 0 Å². The molecule has 4 rings (SSSR count). The van der Waals surface area contributed by atoms with E-state index >= 15 is 0 Å². The first kappa shape index (κ1) is 25.5. The van der Waals surface area contributed by atoms with Crippen LogP contribution in [-0.4, -0.2) is 39.0 Å². The SMILES string of the molecule is C=CCn1c(Cc2ccc(Cl)cc2)nnc1SCC(=O)Nc1sc2c(c1C(=O)OCC)CCCC2. The minimum Gasteiger partial charge on any atom is -0.462 e. The number of amides is 1. The molecule has 1 N–H and O–H groups in total. The number of aromatic nitrogens is 3. The lowest BCUT2D eigenvalue weighted by molar-refractivity contribution is -0.113. The van der Waals surface area contributed by atoms with Gasteiger partial charge in [0.05, 0.1) is 17.9 Å². The second-order valence-electron chi connectivity index (χ2n) is 8.07. The molecule has 2 heterocycles. The molecule has 35 heavy (non-hydrogen) atoms. The fourth-order valence-electron chi connectivity index (χ4n) is 4.02. The van der Waals surface area contributed by atoms with E-state index in [4.69, 9.17) is 16.3 Å². The van der Waals surface area contributed by atoms with Gasteiger partial charge < -0.3 is 14.6 Å². The second kappa shape index (κ2) is 11.9. The molecule has 0 fully saturated rings. The monoisotopic (exact) mass is 530 g/mol. The Balaban J connectivity index is 1.46. The van der Waals surface area contributed by atoms with E-state index in [2.05, 4.69) is 22.1 Å². The highest BCUT2D eigenvalue weighted by atomic mass is 35.5. The number of anilines is 1. The van der Waals surface area contributed by atoms with Crippen LogP contribution in [0, 0.1) is 0 Å². The molecule has 184 valence electrons. The van der Waals surface area contributed by atoms with Gasteiger partial charge >= 0.3 is 5.97 Å². The van der Waals surface area contributed by atoms with Crippen LogP contribution in [-0.2, 0) is 35.3 Å². The van der Waals surface area contributed by atoms with Crippen molar-refractivity contribution in [1.82, 2.24) is 14.8 Å². The summed E-state index contributed by atoms with van der Waals surface area (Å²) in [5, 5.41) is 13.5. The average molecular weight is 531 g/mol. The number of carbonyl (C=O) groups is 2. The molecule has 0 radical (unpaired) electrons. The topological polar surface area (TPSA) is 86.1 Å². The standard InChI is InChI=1S/C25H27ClN4O3S2/c1-3-13-30-20(14-16-9-11-17(26)12-10-16)28-29-25(30)34-15-21(31)27-23-22(24(32)33-4-2)18-7-5-6-8-19(18)35-23/h3,9-12H,1,4-8,13-15H2,2H3,(H,27,31). The van der Waals surface area contributed by atoms with Crippen molar-refractivity contribution in [2.45, 2.75) is 50.7 Å². The summed E-state index contributed by atoms with van der Waals surface area (Å²) in [7, 11) is 0. The zero-order valence-electron chi connectivity index (χ0n) is 19.5. The lowest BCUT2D eigenvalue weighted by Gasteiger charge is -2.12. The van der Waals surface area contributed by atoms with Crippen molar-refractivity contribution in [3.63, 3.8) is 0 Å². The number of esters is 1. The Hall–Kier alpha value is -2.62. The van der Waals surface area contributed by atoms with Crippen molar-refractivity contribution in [2.75, 3.05) is 17.7 Å². The van der Waals surface area contributed by atoms with Crippen LogP contribution in [0.3, 0.4) is 0 Å². The van der Waals surface area contributed by atoms with Crippen LogP contribution in [0.1, 0.15) is 52.0 Å². The Morgan fingerprint density at radius 2 is 2.03 bits per heavy atom. The molecule has 0 aliphatic heterocycles. The summed E-state index contributed by atoms with van der Waals surface area (Å²) in [6.45, 7) is 6.45. The first-order valence-corrected chi connectivity index (χ1v) is 13.7. The zero-order valence-corrected chi connectivity index (χ0v) is 21.9. The van der Waals surface area contributed by atoms with Crippen molar-refractivity contribution >= 4 is 51.6 Å². The van der Waals surface area contributed by atoms with Crippen molar-refractivity contribution in [1.29, 1.82) is 0 Å². The molecule has 1 amide bonds. The van der Waals surface area contributed by atoms with Gasteiger partial charge in [0.25, 0.3) is 0 Å². The van der Waals surface area contributed by atoms with Gasteiger partial charge in [0.2, 0.25) is 5.91 Å². The van der Waals surface area contributed by atoms with Crippen molar-refractivity contribution < 1.29 is 14.3 Å². The highest BCUT2D eigenvalue weighted by Gasteiger charge is 2.27. The first-order chi connectivity index (χ1) is 17.0. The summed E-state index contributed by atoms with van der Waals surface area (Å²) in [4.78, 5) is 26.7.